The summed E-state index contributed by atoms with van der Waals surface area (Å²) >= 11 is 6.35. The molecule has 204 valence electrons. The van der Waals surface area contributed by atoms with Gasteiger partial charge >= 0.3 is 5.97 Å². The molecule has 2 aliphatic carbocycles. The highest BCUT2D eigenvalue weighted by Gasteiger charge is 2.42. The number of anilines is 1. The van der Waals surface area contributed by atoms with Gasteiger partial charge in [-0.2, -0.15) is 0 Å². The van der Waals surface area contributed by atoms with E-state index in [0.29, 0.717) is 28.5 Å². The van der Waals surface area contributed by atoms with Crippen LogP contribution in [0.3, 0.4) is 0 Å². The number of carbonyl (C=O) groups is 1. The summed E-state index contributed by atoms with van der Waals surface area (Å²) in [6.07, 6.45) is 5.25. The van der Waals surface area contributed by atoms with Gasteiger partial charge in [-0.25, -0.2) is 0 Å². The lowest BCUT2D eigenvalue weighted by molar-refractivity contribution is -0.155. The van der Waals surface area contributed by atoms with Crippen LogP contribution in [0.25, 0.3) is 0 Å². The van der Waals surface area contributed by atoms with Crippen LogP contribution < -0.4 is 5.32 Å². The number of hydrogen-bond donors (Lipinski definition) is 2. The molecular formula is C30H43ClN2O4. The highest BCUT2D eigenvalue weighted by Crippen LogP contribution is 2.53. The minimum absolute atomic E-state index is 0.129. The van der Waals surface area contributed by atoms with Crippen LogP contribution in [0.2, 0.25) is 5.02 Å². The summed E-state index contributed by atoms with van der Waals surface area (Å²) in [7, 11) is 0. The molecule has 37 heavy (non-hydrogen) atoms. The van der Waals surface area contributed by atoms with Crippen LogP contribution in [-0.2, 0) is 9.53 Å². The van der Waals surface area contributed by atoms with Crippen molar-refractivity contribution in [3.8, 4) is 0 Å². The summed E-state index contributed by atoms with van der Waals surface area (Å²) in [6, 6.07) is 5.64. The summed E-state index contributed by atoms with van der Waals surface area (Å²) in [4.78, 5) is 12.9. The van der Waals surface area contributed by atoms with Gasteiger partial charge < -0.3 is 19.7 Å². The summed E-state index contributed by atoms with van der Waals surface area (Å²) in [6.45, 7) is 12.1. The molecule has 0 saturated heterocycles. The van der Waals surface area contributed by atoms with E-state index < -0.39 is 11.8 Å². The maximum absolute atomic E-state index is 12.9. The number of aliphatic hydroxyl groups excluding tert-OH is 1. The Morgan fingerprint density at radius 3 is 2.57 bits per heavy atom. The Hall–Kier alpha value is -2.05. The molecular weight excluding hydrogens is 488 g/mol. The fourth-order valence-corrected chi connectivity index (χ4v) is 5.81. The van der Waals surface area contributed by atoms with Gasteiger partial charge in [0.15, 0.2) is 0 Å². The Morgan fingerprint density at radius 2 is 1.95 bits per heavy atom. The zero-order valence-electron chi connectivity index (χ0n) is 23.1. The zero-order chi connectivity index (χ0) is 26.9. The van der Waals surface area contributed by atoms with Gasteiger partial charge in [0, 0.05) is 23.8 Å². The van der Waals surface area contributed by atoms with Crippen molar-refractivity contribution in [2.75, 3.05) is 5.32 Å². The van der Waals surface area contributed by atoms with Crippen LogP contribution in [0.1, 0.15) is 120 Å². The molecule has 2 atom stereocenters. The Kier molecular flexibility index (Phi) is 8.59. The lowest BCUT2D eigenvalue weighted by Crippen LogP contribution is -2.28. The number of nitrogens with one attached hydrogen (secondary N) is 1. The second-order valence-electron chi connectivity index (χ2n) is 12.7. The third-order valence-corrected chi connectivity index (χ3v) is 7.68. The molecule has 2 N–H and O–H groups in total. The molecule has 1 aromatic heterocycles. The van der Waals surface area contributed by atoms with E-state index in [0.717, 1.165) is 48.6 Å². The number of carbonyl (C=O) groups excluding carboxylic acids is 1. The molecule has 7 heteroatoms. The molecule has 4 rings (SSSR count). The Bertz CT molecular complexity index is 1080. The zero-order valence-corrected chi connectivity index (χ0v) is 23.9. The average Bonchev–Trinajstić information content (AvgIpc) is 3.49. The number of rotatable bonds is 11. The molecule has 6 nitrogen and oxygen atoms in total. The van der Waals surface area contributed by atoms with Gasteiger partial charge in [0.05, 0.1) is 22.8 Å². The van der Waals surface area contributed by atoms with Gasteiger partial charge in [0.25, 0.3) is 0 Å². The van der Waals surface area contributed by atoms with Gasteiger partial charge in [0.2, 0.25) is 0 Å². The molecule has 0 radical (unpaired) electrons. The van der Waals surface area contributed by atoms with E-state index in [9.17, 15) is 9.90 Å². The van der Waals surface area contributed by atoms with Crippen molar-refractivity contribution in [1.82, 2.24) is 5.16 Å². The second-order valence-corrected chi connectivity index (χ2v) is 13.1. The standard InChI is InChI=1S/C30H43ClN2O4/c1-17(2)11-19-13-22(14-19)29-27(20-8-9-20)28(33-37-29)21(16-26(35)36-30(4,5)6)15-25(34)32-24-12-18(3)7-10-23(24)31/h7,10,12,17,19-22,25,32,34H,8-9,11,13-16H2,1-6H3. The van der Waals surface area contributed by atoms with E-state index in [1.807, 2.05) is 45.9 Å². The van der Waals surface area contributed by atoms with Crippen LogP contribution >= 0.6 is 11.6 Å². The summed E-state index contributed by atoms with van der Waals surface area (Å²) in [5.41, 5.74) is 3.12. The van der Waals surface area contributed by atoms with E-state index in [1.165, 1.54) is 12.0 Å². The number of aromatic nitrogens is 1. The maximum atomic E-state index is 12.9. The molecule has 0 bridgehead atoms. The molecule has 2 aromatic rings. The van der Waals surface area contributed by atoms with Gasteiger partial charge in [-0.15, -0.1) is 0 Å². The number of hydrogen-bond acceptors (Lipinski definition) is 6. The third-order valence-electron chi connectivity index (χ3n) is 7.35. The van der Waals surface area contributed by atoms with E-state index >= 15 is 0 Å². The third kappa shape index (κ3) is 7.51. The predicted octanol–water partition coefficient (Wildman–Crippen LogP) is 7.69. The van der Waals surface area contributed by atoms with Crippen LogP contribution in [-0.4, -0.2) is 28.1 Å². The van der Waals surface area contributed by atoms with Crippen molar-refractivity contribution in [3.63, 3.8) is 0 Å². The molecule has 1 heterocycles. The molecule has 0 aliphatic heterocycles. The topological polar surface area (TPSA) is 84.6 Å². The fourth-order valence-electron chi connectivity index (χ4n) is 5.64. The van der Waals surface area contributed by atoms with Crippen LogP contribution in [0.5, 0.6) is 0 Å². The van der Waals surface area contributed by atoms with Gasteiger partial charge in [-0.05, 0) is 95.2 Å². The Balaban J connectivity index is 1.56. The summed E-state index contributed by atoms with van der Waals surface area (Å²) < 4.78 is 11.7. The fraction of sp³-hybridized carbons (Fsp3) is 0.667. The second kappa shape index (κ2) is 11.4. The largest absolute Gasteiger partial charge is 0.460 e. The summed E-state index contributed by atoms with van der Waals surface area (Å²) in [5, 5.41) is 19.3. The van der Waals surface area contributed by atoms with Crippen LogP contribution in [0.4, 0.5) is 5.69 Å². The van der Waals surface area contributed by atoms with Crippen molar-refractivity contribution < 1.29 is 19.2 Å². The van der Waals surface area contributed by atoms with Gasteiger partial charge in [0.1, 0.15) is 17.6 Å². The minimum atomic E-state index is -0.918. The first-order chi connectivity index (χ1) is 17.4. The van der Waals surface area contributed by atoms with Gasteiger partial charge in [-0.3, -0.25) is 4.79 Å². The van der Waals surface area contributed by atoms with Crippen LogP contribution in [0.15, 0.2) is 22.7 Å². The molecule has 2 unspecified atom stereocenters. The normalized spacial score (nSPS) is 21.4. The molecule has 0 amide bonds. The Morgan fingerprint density at radius 1 is 1.24 bits per heavy atom. The monoisotopic (exact) mass is 530 g/mol. The SMILES string of the molecule is Cc1ccc(Cl)c(NC(O)CC(CC(=O)OC(C)(C)C)c2noc(C3CC(CC(C)C)C3)c2C2CC2)c1. The summed E-state index contributed by atoms with van der Waals surface area (Å²) in [5.74, 6) is 2.65. The molecule has 2 saturated carbocycles. The molecule has 0 spiro atoms. The first-order valence-corrected chi connectivity index (χ1v) is 14.2. The van der Waals surface area contributed by atoms with Gasteiger partial charge in [-0.1, -0.05) is 36.7 Å². The lowest BCUT2D eigenvalue weighted by Gasteiger charge is -2.35. The number of esters is 1. The first kappa shape index (κ1) is 28.0. The smallest absolute Gasteiger partial charge is 0.306 e. The maximum Gasteiger partial charge on any atom is 0.306 e. The lowest BCUT2D eigenvalue weighted by atomic mass is 9.69. The Labute approximate surface area is 226 Å². The van der Waals surface area contributed by atoms with Crippen LogP contribution in [0, 0.1) is 18.8 Å². The molecule has 2 aliphatic rings. The van der Waals surface area contributed by atoms with E-state index in [1.54, 1.807) is 0 Å². The van der Waals surface area contributed by atoms with Crippen molar-refractivity contribution in [3.05, 3.63) is 45.8 Å². The van der Waals surface area contributed by atoms with Crippen molar-refractivity contribution in [2.45, 2.75) is 116 Å². The molecule has 1 aromatic carbocycles. The number of aliphatic hydroxyl groups is 1. The highest BCUT2D eigenvalue weighted by atomic mass is 35.5. The highest BCUT2D eigenvalue weighted by molar-refractivity contribution is 6.33. The first-order valence-electron chi connectivity index (χ1n) is 13.8. The van der Waals surface area contributed by atoms with E-state index in [4.69, 9.17) is 20.9 Å². The molecule has 2 fully saturated rings. The number of nitrogens with zero attached hydrogens (tertiary/aromatic N) is 1. The quantitative estimate of drug-likeness (QED) is 0.229. The van der Waals surface area contributed by atoms with E-state index in [2.05, 4.69) is 24.3 Å². The van der Waals surface area contributed by atoms with Crippen molar-refractivity contribution in [1.29, 1.82) is 0 Å². The minimum Gasteiger partial charge on any atom is -0.460 e. The van der Waals surface area contributed by atoms with E-state index in [-0.39, 0.29) is 24.7 Å². The number of halogens is 1. The number of ether oxygens (including phenoxy) is 1. The van der Waals surface area contributed by atoms with Crippen molar-refractivity contribution in [2.24, 2.45) is 11.8 Å². The predicted molar refractivity (Wildman–Crippen MR) is 147 cm³/mol. The number of aryl methyl sites for hydroxylation is 1. The number of benzene rings is 1. The average molecular weight is 531 g/mol. The van der Waals surface area contributed by atoms with Crippen molar-refractivity contribution >= 4 is 23.3 Å².